The van der Waals surface area contributed by atoms with E-state index in [0.29, 0.717) is 12.3 Å². The van der Waals surface area contributed by atoms with Crippen LogP contribution in [0, 0.1) is 17.8 Å². The van der Waals surface area contributed by atoms with Crippen molar-refractivity contribution in [2.75, 3.05) is 20.2 Å². The summed E-state index contributed by atoms with van der Waals surface area (Å²) < 4.78 is 5.01. The molecule has 1 aromatic carbocycles. The molecule has 1 saturated carbocycles. The Morgan fingerprint density at radius 1 is 1.31 bits per heavy atom. The van der Waals surface area contributed by atoms with Crippen molar-refractivity contribution in [2.45, 2.75) is 25.4 Å². The molecule has 2 aliphatic heterocycles. The molecule has 0 saturated heterocycles. The van der Waals surface area contributed by atoms with Crippen LogP contribution < -0.4 is 0 Å². The fourth-order valence-corrected chi connectivity index (χ4v) is 5.26. The fourth-order valence-electron chi connectivity index (χ4n) is 5.26. The summed E-state index contributed by atoms with van der Waals surface area (Å²) in [5.74, 6) is -0.305. The monoisotopic (exact) mass is 352 g/mol. The van der Waals surface area contributed by atoms with Crippen molar-refractivity contribution >= 4 is 22.6 Å². The van der Waals surface area contributed by atoms with Gasteiger partial charge in [0, 0.05) is 24.0 Å². The highest BCUT2D eigenvalue weighted by Gasteiger charge is 2.46. The minimum atomic E-state index is -0.613. The Balaban J connectivity index is 1.62. The predicted molar refractivity (Wildman–Crippen MR) is 99.3 cm³/mol. The molecular weight excluding hydrogens is 328 g/mol. The summed E-state index contributed by atoms with van der Waals surface area (Å²) in [7, 11) is 1.41. The Bertz CT molecular complexity index is 900. The van der Waals surface area contributed by atoms with Gasteiger partial charge in [-0.25, -0.2) is 0 Å². The first-order valence-corrected chi connectivity index (χ1v) is 9.50. The summed E-state index contributed by atoms with van der Waals surface area (Å²) in [5, 5.41) is 11.8. The first-order valence-electron chi connectivity index (χ1n) is 9.50. The SMILES string of the molecule is COC(=O)[C@@H]1[C@H]2C=C3c4[nH]c5ccccc5c4CCN3C[C@@H]2CC[C@@H]1O. The summed E-state index contributed by atoms with van der Waals surface area (Å²) >= 11 is 0. The molecule has 1 aromatic heterocycles. The molecule has 1 fully saturated rings. The lowest BCUT2D eigenvalue weighted by atomic mass is 9.68. The van der Waals surface area contributed by atoms with Crippen LogP contribution in [0.2, 0.25) is 0 Å². The quantitative estimate of drug-likeness (QED) is 0.774. The molecule has 1 aliphatic carbocycles. The maximum Gasteiger partial charge on any atom is 0.311 e. The highest BCUT2D eigenvalue weighted by Crippen LogP contribution is 2.45. The summed E-state index contributed by atoms with van der Waals surface area (Å²) in [6.45, 7) is 1.96. The van der Waals surface area contributed by atoms with Gasteiger partial charge in [0.15, 0.2) is 0 Å². The number of ether oxygens (including phenoxy) is 1. The van der Waals surface area contributed by atoms with Crippen molar-refractivity contribution in [2.24, 2.45) is 17.8 Å². The Morgan fingerprint density at radius 3 is 3.00 bits per heavy atom. The molecule has 0 radical (unpaired) electrons. The molecule has 136 valence electrons. The van der Waals surface area contributed by atoms with Gasteiger partial charge in [-0.1, -0.05) is 24.3 Å². The van der Waals surface area contributed by atoms with Gasteiger partial charge in [0.1, 0.15) is 0 Å². The topological polar surface area (TPSA) is 65.6 Å². The van der Waals surface area contributed by atoms with Crippen LogP contribution in [-0.4, -0.2) is 47.3 Å². The number of allylic oxidation sites excluding steroid dienone is 1. The number of fused-ring (bicyclic) bond motifs is 6. The number of carbonyl (C=O) groups is 1. The van der Waals surface area contributed by atoms with Gasteiger partial charge in [-0.15, -0.1) is 0 Å². The van der Waals surface area contributed by atoms with Gasteiger partial charge in [-0.2, -0.15) is 0 Å². The van der Waals surface area contributed by atoms with Crippen LogP contribution in [0.25, 0.3) is 16.6 Å². The third-order valence-electron chi connectivity index (χ3n) is 6.53. The Hall–Kier alpha value is -2.27. The number of aromatic nitrogens is 1. The molecule has 0 spiro atoms. The number of rotatable bonds is 1. The number of nitrogens with zero attached hydrogens (tertiary/aromatic N) is 1. The van der Waals surface area contributed by atoms with E-state index >= 15 is 0 Å². The lowest BCUT2D eigenvalue weighted by molar-refractivity contribution is -0.155. The standard InChI is InChI=1S/C21H24N2O3/c1-26-21(25)19-15-10-17-20-14(13-4-2-3-5-16(13)22-20)8-9-23(17)11-12(15)6-7-18(19)24/h2-5,10,12,15,18-19,22,24H,6-9,11H2,1H3/t12-,15-,18-,19+/m0/s1. The summed E-state index contributed by atoms with van der Waals surface area (Å²) in [5.41, 5.74) is 4.90. The van der Waals surface area contributed by atoms with Gasteiger partial charge < -0.3 is 19.7 Å². The molecule has 0 amide bonds. The van der Waals surface area contributed by atoms with Crippen molar-refractivity contribution in [3.8, 4) is 0 Å². The van der Waals surface area contributed by atoms with E-state index in [1.165, 1.54) is 29.5 Å². The fraction of sp³-hybridized carbons (Fsp3) is 0.476. The van der Waals surface area contributed by atoms with E-state index in [-0.39, 0.29) is 11.9 Å². The zero-order valence-corrected chi connectivity index (χ0v) is 14.9. The minimum Gasteiger partial charge on any atom is -0.469 e. The maximum atomic E-state index is 12.3. The largest absolute Gasteiger partial charge is 0.469 e. The minimum absolute atomic E-state index is 0.0369. The molecule has 3 heterocycles. The van der Waals surface area contributed by atoms with Crippen LogP contribution in [0.5, 0.6) is 0 Å². The number of hydrogen-bond acceptors (Lipinski definition) is 4. The molecule has 4 atom stereocenters. The molecule has 5 heteroatoms. The normalized spacial score (nSPS) is 30.2. The number of aromatic amines is 1. The molecule has 0 unspecified atom stereocenters. The molecule has 26 heavy (non-hydrogen) atoms. The second-order valence-electron chi connectivity index (χ2n) is 7.80. The van der Waals surface area contributed by atoms with Crippen LogP contribution in [0.15, 0.2) is 30.3 Å². The third-order valence-corrected chi connectivity index (χ3v) is 6.53. The smallest absolute Gasteiger partial charge is 0.311 e. The first-order chi connectivity index (χ1) is 12.7. The van der Waals surface area contributed by atoms with Crippen LogP contribution in [0.3, 0.4) is 0 Å². The zero-order chi connectivity index (χ0) is 17.8. The van der Waals surface area contributed by atoms with E-state index in [0.717, 1.165) is 31.4 Å². The lowest BCUT2D eigenvalue weighted by Gasteiger charge is -2.46. The van der Waals surface area contributed by atoms with Crippen LogP contribution in [-0.2, 0) is 16.0 Å². The van der Waals surface area contributed by atoms with E-state index in [1.54, 1.807) is 0 Å². The highest BCUT2D eigenvalue weighted by molar-refractivity contribution is 5.90. The number of benzene rings is 1. The Morgan fingerprint density at radius 2 is 2.15 bits per heavy atom. The van der Waals surface area contributed by atoms with E-state index in [1.807, 2.05) is 0 Å². The second-order valence-corrected chi connectivity index (χ2v) is 7.80. The number of methoxy groups -OCH3 is 1. The van der Waals surface area contributed by atoms with E-state index in [2.05, 4.69) is 40.2 Å². The van der Waals surface area contributed by atoms with Gasteiger partial charge in [-0.3, -0.25) is 4.79 Å². The average molecular weight is 352 g/mol. The van der Waals surface area contributed by atoms with Crippen molar-refractivity contribution in [1.82, 2.24) is 9.88 Å². The Labute approximate surface area is 152 Å². The number of aliphatic hydroxyl groups excluding tert-OH is 1. The van der Waals surface area contributed by atoms with Gasteiger partial charge in [0.25, 0.3) is 0 Å². The van der Waals surface area contributed by atoms with Gasteiger partial charge >= 0.3 is 5.97 Å². The number of esters is 1. The summed E-state index contributed by atoms with van der Waals surface area (Å²) in [4.78, 5) is 18.4. The number of carbonyl (C=O) groups excluding carboxylic acids is 1. The summed E-state index contributed by atoms with van der Waals surface area (Å²) in [6, 6.07) is 8.43. The molecular formula is C21H24N2O3. The second kappa shape index (κ2) is 5.88. The maximum absolute atomic E-state index is 12.3. The number of para-hydroxylation sites is 1. The molecule has 2 N–H and O–H groups in total. The van der Waals surface area contributed by atoms with Crippen molar-refractivity contribution < 1.29 is 14.6 Å². The Kier molecular flexibility index (Phi) is 3.60. The van der Waals surface area contributed by atoms with Crippen LogP contribution in [0.4, 0.5) is 0 Å². The third kappa shape index (κ3) is 2.23. The summed E-state index contributed by atoms with van der Waals surface area (Å²) in [6.07, 6.45) is 4.29. The predicted octanol–water partition coefficient (Wildman–Crippen LogP) is 2.56. The van der Waals surface area contributed by atoms with Crippen LogP contribution in [0.1, 0.15) is 24.1 Å². The van der Waals surface area contributed by atoms with Crippen LogP contribution >= 0.6 is 0 Å². The number of aliphatic hydroxyl groups is 1. The molecule has 2 aromatic rings. The van der Waals surface area contributed by atoms with Gasteiger partial charge in [-0.05, 0) is 42.7 Å². The molecule has 0 bridgehead atoms. The van der Waals surface area contributed by atoms with Crippen molar-refractivity contribution in [3.05, 3.63) is 41.6 Å². The zero-order valence-electron chi connectivity index (χ0n) is 14.9. The number of H-pyrrole nitrogens is 1. The van der Waals surface area contributed by atoms with Gasteiger partial charge in [0.05, 0.1) is 30.5 Å². The first kappa shape index (κ1) is 15.9. The van der Waals surface area contributed by atoms with Crippen molar-refractivity contribution in [1.29, 1.82) is 0 Å². The molecule has 5 rings (SSSR count). The average Bonchev–Trinajstić information content (AvgIpc) is 3.05. The number of nitrogens with one attached hydrogen (secondary N) is 1. The lowest BCUT2D eigenvalue weighted by Crippen LogP contribution is -2.49. The van der Waals surface area contributed by atoms with Crippen molar-refractivity contribution in [3.63, 3.8) is 0 Å². The van der Waals surface area contributed by atoms with E-state index < -0.39 is 12.0 Å². The molecule has 3 aliphatic rings. The van der Waals surface area contributed by atoms with E-state index in [4.69, 9.17) is 4.74 Å². The molecule has 5 nitrogen and oxygen atoms in total. The number of hydrogen-bond donors (Lipinski definition) is 2. The highest BCUT2D eigenvalue weighted by atomic mass is 16.5. The van der Waals surface area contributed by atoms with E-state index in [9.17, 15) is 9.90 Å². The van der Waals surface area contributed by atoms with Gasteiger partial charge in [0.2, 0.25) is 0 Å².